The SMILES string of the molecule is COc1cccc(C(=O)NC(C)Cc2ccoc2)c1OC. The van der Waals surface area contributed by atoms with E-state index < -0.39 is 0 Å². The van der Waals surface area contributed by atoms with Crippen LogP contribution in [0, 0.1) is 0 Å². The Bertz CT molecular complexity index is 592. The molecule has 2 rings (SSSR count). The maximum absolute atomic E-state index is 12.4. The lowest BCUT2D eigenvalue weighted by atomic mass is 10.1. The molecule has 0 saturated carbocycles. The number of rotatable bonds is 6. The molecular weight excluding hydrogens is 270 g/mol. The second-order valence-electron chi connectivity index (χ2n) is 4.75. The molecule has 1 N–H and O–H groups in total. The van der Waals surface area contributed by atoms with Crippen molar-refractivity contribution in [1.82, 2.24) is 5.32 Å². The molecule has 0 radical (unpaired) electrons. The molecule has 2 aromatic rings. The van der Waals surface area contributed by atoms with Gasteiger partial charge in [0.15, 0.2) is 11.5 Å². The van der Waals surface area contributed by atoms with E-state index >= 15 is 0 Å². The van der Waals surface area contributed by atoms with Gasteiger partial charge in [0.25, 0.3) is 5.91 Å². The van der Waals surface area contributed by atoms with Crippen molar-refractivity contribution < 1.29 is 18.7 Å². The molecule has 0 bridgehead atoms. The maximum Gasteiger partial charge on any atom is 0.255 e. The van der Waals surface area contributed by atoms with Gasteiger partial charge in [0, 0.05) is 6.04 Å². The smallest absolute Gasteiger partial charge is 0.255 e. The lowest BCUT2D eigenvalue weighted by Crippen LogP contribution is -2.34. The van der Waals surface area contributed by atoms with Crippen LogP contribution in [0.2, 0.25) is 0 Å². The Morgan fingerprint density at radius 3 is 2.71 bits per heavy atom. The predicted molar refractivity (Wildman–Crippen MR) is 78.9 cm³/mol. The highest BCUT2D eigenvalue weighted by atomic mass is 16.5. The summed E-state index contributed by atoms with van der Waals surface area (Å²) in [5.74, 6) is 0.780. The minimum Gasteiger partial charge on any atom is -0.493 e. The minimum atomic E-state index is -0.193. The Kier molecular flexibility index (Phi) is 4.87. The van der Waals surface area contributed by atoms with Gasteiger partial charge in [-0.2, -0.15) is 0 Å². The molecule has 1 heterocycles. The van der Waals surface area contributed by atoms with Crippen LogP contribution in [0.4, 0.5) is 0 Å². The molecule has 1 unspecified atom stereocenters. The van der Waals surface area contributed by atoms with Crippen molar-refractivity contribution in [3.63, 3.8) is 0 Å². The van der Waals surface area contributed by atoms with Crippen molar-refractivity contribution in [2.24, 2.45) is 0 Å². The number of nitrogens with one attached hydrogen (secondary N) is 1. The van der Waals surface area contributed by atoms with Crippen LogP contribution in [0.15, 0.2) is 41.2 Å². The van der Waals surface area contributed by atoms with E-state index in [2.05, 4.69) is 5.32 Å². The highest BCUT2D eigenvalue weighted by molar-refractivity contribution is 5.98. The first kappa shape index (κ1) is 15.0. The summed E-state index contributed by atoms with van der Waals surface area (Å²) in [6.45, 7) is 1.94. The molecule has 1 aromatic heterocycles. The molecule has 0 aliphatic carbocycles. The van der Waals surface area contributed by atoms with Crippen molar-refractivity contribution >= 4 is 5.91 Å². The van der Waals surface area contributed by atoms with E-state index in [4.69, 9.17) is 13.9 Å². The third-order valence-electron chi connectivity index (χ3n) is 3.15. The van der Waals surface area contributed by atoms with Crippen LogP contribution < -0.4 is 14.8 Å². The van der Waals surface area contributed by atoms with Gasteiger partial charge >= 0.3 is 0 Å². The Balaban J connectivity index is 2.09. The normalized spacial score (nSPS) is 11.8. The fourth-order valence-corrected chi connectivity index (χ4v) is 2.18. The van der Waals surface area contributed by atoms with Gasteiger partial charge in [-0.3, -0.25) is 4.79 Å². The van der Waals surface area contributed by atoms with Crippen LogP contribution in [-0.4, -0.2) is 26.2 Å². The van der Waals surface area contributed by atoms with Crippen LogP contribution in [-0.2, 0) is 6.42 Å². The number of benzene rings is 1. The molecule has 112 valence electrons. The van der Waals surface area contributed by atoms with E-state index in [-0.39, 0.29) is 11.9 Å². The third-order valence-corrected chi connectivity index (χ3v) is 3.15. The summed E-state index contributed by atoms with van der Waals surface area (Å²) in [6, 6.07) is 7.09. The third kappa shape index (κ3) is 3.56. The second kappa shape index (κ2) is 6.83. The summed E-state index contributed by atoms with van der Waals surface area (Å²) < 4.78 is 15.5. The lowest BCUT2D eigenvalue weighted by molar-refractivity contribution is 0.0936. The molecule has 1 amide bonds. The van der Waals surface area contributed by atoms with Gasteiger partial charge < -0.3 is 19.2 Å². The van der Waals surface area contributed by atoms with Gasteiger partial charge in [-0.1, -0.05) is 6.07 Å². The summed E-state index contributed by atoms with van der Waals surface area (Å²) in [5, 5.41) is 2.94. The molecule has 0 aliphatic heterocycles. The summed E-state index contributed by atoms with van der Waals surface area (Å²) in [7, 11) is 3.06. The number of amides is 1. The Hall–Kier alpha value is -2.43. The number of para-hydroxylation sites is 1. The first-order chi connectivity index (χ1) is 10.2. The van der Waals surface area contributed by atoms with Crippen LogP contribution in [0.5, 0.6) is 11.5 Å². The molecule has 5 heteroatoms. The van der Waals surface area contributed by atoms with Gasteiger partial charge in [-0.05, 0) is 37.1 Å². The van der Waals surface area contributed by atoms with Crippen LogP contribution in [0.1, 0.15) is 22.8 Å². The van der Waals surface area contributed by atoms with Crippen molar-refractivity contribution in [2.75, 3.05) is 14.2 Å². The summed E-state index contributed by atoms with van der Waals surface area (Å²) in [6.07, 6.45) is 4.00. The molecule has 1 aromatic carbocycles. The van der Waals surface area contributed by atoms with Crippen molar-refractivity contribution in [3.05, 3.63) is 47.9 Å². The quantitative estimate of drug-likeness (QED) is 0.888. The van der Waals surface area contributed by atoms with Gasteiger partial charge in [0.2, 0.25) is 0 Å². The molecule has 0 spiro atoms. The summed E-state index contributed by atoms with van der Waals surface area (Å²) >= 11 is 0. The monoisotopic (exact) mass is 289 g/mol. The van der Waals surface area contributed by atoms with E-state index in [1.807, 2.05) is 13.0 Å². The fourth-order valence-electron chi connectivity index (χ4n) is 2.18. The molecule has 21 heavy (non-hydrogen) atoms. The van der Waals surface area contributed by atoms with Crippen LogP contribution in [0.25, 0.3) is 0 Å². The van der Waals surface area contributed by atoms with Gasteiger partial charge in [0.05, 0.1) is 32.3 Å². The Labute approximate surface area is 123 Å². The molecule has 0 saturated heterocycles. The first-order valence-corrected chi connectivity index (χ1v) is 6.68. The zero-order chi connectivity index (χ0) is 15.2. The molecule has 0 fully saturated rings. The fraction of sp³-hybridized carbons (Fsp3) is 0.312. The average molecular weight is 289 g/mol. The zero-order valence-corrected chi connectivity index (χ0v) is 12.4. The number of carbonyl (C=O) groups excluding carboxylic acids is 1. The van der Waals surface area contributed by atoms with Gasteiger partial charge in [-0.25, -0.2) is 0 Å². The van der Waals surface area contributed by atoms with Crippen LogP contribution >= 0.6 is 0 Å². The predicted octanol–water partition coefficient (Wildman–Crippen LogP) is 2.66. The minimum absolute atomic E-state index is 0.0222. The number of hydrogen-bond donors (Lipinski definition) is 1. The van der Waals surface area contributed by atoms with E-state index in [0.717, 1.165) is 5.56 Å². The summed E-state index contributed by atoms with van der Waals surface area (Å²) in [5.41, 5.74) is 1.50. The van der Waals surface area contributed by atoms with Crippen molar-refractivity contribution in [2.45, 2.75) is 19.4 Å². The van der Waals surface area contributed by atoms with Crippen molar-refractivity contribution in [1.29, 1.82) is 0 Å². The molecular formula is C16H19NO4. The first-order valence-electron chi connectivity index (χ1n) is 6.68. The standard InChI is InChI=1S/C16H19NO4/c1-11(9-12-7-8-21-10-12)17-16(18)13-5-4-6-14(19-2)15(13)20-3/h4-8,10-11H,9H2,1-3H3,(H,17,18). The number of furan rings is 1. The van der Waals surface area contributed by atoms with Gasteiger partial charge in [-0.15, -0.1) is 0 Å². The summed E-state index contributed by atoms with van der Waals surface area (Å²) in [4.78, 5) is 12.4. The second-order valence-corrected chi connectivity index (χ2v) is 4.75. The highest BCUT2D eigenvalue weighted by Crippen LogP contribution is 2.30. The Morgan fingerprint density at radius 1 is 1.29 bits per heavy atom. The lowest BCUT2D eigenvalue weighted by Gasteiger charge is -2.16. The molecule has 5 nitrogen and oxygen atoms in total. The largest absolute Gasteiger partial charge is 0.493 e. The van der Waals surface area contributed by atoms with E-state index in [9.17, 15) is 4.79 Å². The van der Waals surface area contributed by atoms with E-state index in [1.54, 1.807) is 37.8 Å². The van der Waals surface area contributed by atoms with Crippen molar-refractivity contribution in [3.8, 4) is 11.5 Å². The van der Waals surface area contributed by atoms with Crippen LogP contribution in [0.3, 0.4) is 0 Å². The maximum atomic E-state index is 12.4. The van der Waals surface area contributed by atoms with E-state index in [0.29, 0.717) is 23.5 Å². The highest BCUT2D eigenvalue weighted by Gasteiger charge is 2.18. The topological polar surface area (TPSA) is 60.7 Å². The van der Waals surface area contributed by atoms with E-state index in [1.165, 1.54) is 7.11 Å². The average Bonchev–Trinajstić information content (AvgIpc) is 2.98. The Morgan fingerprint density at radius 2 is 2.10 bits per heavy atom. The molecule has 1 atom stereocenters. The van der Waals surface area contributed by atoms with Gasteiger partial charge in [0.1, 0.15) is 0 Å². The zero-order valence-electron chi connectivity index (χ0n) is 12.4. The number of hydrogen-bond acceptors (Lipinski definition) is 4. The number of ether oxygens (including phenoxy) is 2. The number of carbonyl (C=O) groups is 1. The number of methoxy groups -OCH3 is 2. The molecule has 0 aliphatic rings.